The molecule has 1 aromatic heterocycles. The number of nitrogens with zero attached hydrogens (tertiary/aromatic N) is 1. The van der Waals surface area contributed by atoms with Crippen LogP contribution in [0.4, 0.5) is 0 Å². The lowest BCUT2D eigenvalue weighted by Crippen LogP contribution is -1.88. The smallest absolute Gasteiger partial charge is 0.122 e. The number of hydrogen-bond acceptors (Lipinski definition) is 2. The maximum Gasteiger partial charge on any atom is 0.122 e. The van der Waals surface area contributed by atoms with Crippen molar-refractivity contribution in [3.63, 3.8) is 0 Å². The summed E-state index contributed by atoms with van der Waals surface area (Å²) in [6.07, 6.45) is 4.15. The van der Waals surface area contributed by atoms with Crippen molar-refractivity contribution >= 4 is 22.0 Å². The molecule has 0 N–H and O–H groups in total. The lowest BCUT2D eigenvalue weighted by Gasteiger charge is -2.07. The third kappa shape index (κ3) is 2.39. The maximum atomic E-state index is 5.46. The second-order valence-corrected chi connectivity index (χ2v) is 6.47. The van der Waals surface area contributed by atoms with E-state index in [9.17, 15) is 0 Å². The van der Waals surface area contributed by atoms with Crippen molar-refractivity contribution < 1.29 is 4.74 Å². The van der Waals surface area contributed by atoms with Gasteiger partial charge in [0.1, 0.15) is 5.75 Å². The summed E-state index contributed by atoms with van der Waals surface area (Å²) in [5, 5.41) is 1.22. The Bertz CT molecular complexity index is 998. The number of ether oxygens (including phenoxy) is 1. The Morgan fingerprint density at radius 1 is 0.833 bits per heavy atom. The summed E-state index contributed by atoms with van der Waals surface area (Å²) in [5.41, 5.74) is 9.86. The van der Waals surface area contributed by atoms with Crippen LogP contribution in [0.25, 0.3) is 22.0 Å². The molecule has 0 atom stereocenters. The minimum absolute atomic E-state index is 0.936. The molecular formula is C22H20NO. The number of fused-ring (bicyclic) bond motifs is 1. The molecule has 0 fully saturated rings. The van der Waals surface area contributed by atoms with Gasteiger partial charge in [-0.05, 0) is 84.0 Å². The van der Waals surface area contributed by atoms with Gasteiger partial charge in [0.25, 0.3) is 0 Å². The molecule has 0 aliphatic heterocycles. The zero-order valence-corrected chi connectivity index (χ0v) is 14.5. The summed E-state index contributed by atoms with van der Waals surface area (Å²) in [5.74, 6) is 0.936. The molecule has 0 unspecified atom stereocenters. The van der Waals surface area contributed by atoms with Gasteiger partial charge in [0.15, 0.2) is 0 Å². The van der Waals surface area contributed by atoms with Gasteiger partial charge in [-0.2, -0.15) is 0 Å². The molecule has 0 saturated heterocycles. The second-order valence-electron chi connectivity index (χ2n) is 6.47. The summed E-state index contributed by atoms with van der Waals surface area (Å²) in [7, 11) is 1.72. The molecule has 119 valence electrons. The zero-order chi connectivity index (χ0) is 16.8. The van der Waals surface area contributed by atoms with E-state index in [0.29, 0.717) is 0 Å². The molecule has 0 spiro atoms. The SMILES string of the molecule is COc1cc(C2=C(c3ccnc4cc(C)c(C)cc34)[CH]2)ccc1C. The summed E-state index contributed by atoms with van der Waals surface area (Å²) in [6, 6.07) is 12.9. The molecule has 2 aromatic carbocycles. The van der Waals surface area contributed by atoms with Crippen LogP contribution in [0.15, 0.2) is 42.6 Å². The Hall–Kier alpha value is -2.61. The Balaban J connectivity index is 1.84. The second kappa shape index (κ2) is 5.48. The molecule has 1 heterocycles. The van der Waals surface area contributed by atoms with Crippen LogP contribution < -0.4 is 4.74 Å². The normalized spacial score (nSPS) is 13.5. The van der Waals surface area contributed by atoms with Crippen molar-refractivity contribution in [1.82, 2.24) is 4.98 Å². The van der Waals surface area contributed by atoms with E-state index >= 15 is 0 Å². The molecule has 2 nitrogen and oxygen atoms in total. The van der Waals surface area contributed by atoms with Gasteiger partial charge < -0.3 is 4.74 Å². The molecule has 1 aliphatic carbocycles. The number of aryl methyl sites for hydroxylation is 3. The van der Waals surface area contributed by atoms with Gasteiger partial charge in [0, 0.05) is 18.0 Å². The van der Waals surface area contributed by atoms with Crippen molar-refractivity contribution in [2.24, 2.45) is 0 Å². The third-order valence-corrected chi connectivity index (χ3v) is 4.86. The minimum Gasteiger partial charge on any atom is -0.496 e. The first-order valence-electron chi connectivity index (χ1n) is 8.19. The van der Waals surface area contributed by atoms with Crippen molar-refractivity contribution in [3.05, 3.63) is 76.8 Å². The van der Waals surface area contributed by atoms with Gasteiger partial charge in [-0.3, -0.25) is 4.98 Å². The van der Waals surface area contributed by atoms with Crippen LogP contribution >= 0.6 is 0 Å². The Kier molecular flexibility index (Phi) is 3.42. The van der Waals surface area contributed by atoms with Gasteiger partial charge in [-0.1, -0.05) is 12.1 Å². The molecule has 0 bridgehead atoms. The van der Waals surface area contributed by atoms with E-state index in [1.807, 2.05) is 6.20 Å². The van der Waals surface area contributed by atoms with Crippen LogP contribution in [-0.4, -0.2) is 12.1 Å². The summed E-state index contributed by atoms with van der Waals surface area (Å²) in [4.78, 5) is 4.53. The first-order valence-corrected chi connectivity index (χ1v) is 8.19. The number of hydrogen-bond donors (Lipinski definition) is 0. The van der Waals surface area contributed by atoms with E-state index < -0.39 is 0 Å². The molecule has 1 radical (unpaired) electrons. The predicted molar refractivity (Wildman–Crippen MR) is 100 cm³/mol. The summed E-state index contributed by atoms with van der Waals surface area (Å²) in [6.45, 7) is 6.36. The van der Waals surface area contributed by atoms with E-state index in [2.05, 4.69) is 68.6 Å². The number of methoxy groups -OCH3 is 1. The van der Waals surface area contributed by atoms with Crippen LogP contribution in [0.5, 0.6) is 5.75 Å². The van der Waals surface area contributed by atoms with Gasteiger partial charge >= 0.3 is 0 Å². The quantitative estimate of drug-likeness (QED) is 0.654. The van der Waals surface area contributed by atoms with E-state index in [-0.39, 0.29) is 0 Å². The van der Waals surface area contributed by atoms with E-state index in [4.69, 9.17) is 4.74 Å². The number of benzene rings is 2. The van der Waals surface area contributed by atoms with Crippen LogP contribution in [-0.2, 0) is 0 Å². The van der Waals surface area contributed by atoms with Crippen LogP contribution in [0.1, 0.15) is 27.8 Å². The molecule has 3 aromatic rings. The van der Waals surface area contributed by atoms with Gasteiger partial charge in [-0.15, -0.1) is 0 Å². The fraction of sp³-hybridized carbons (Fsp3) is 0.182. The molecule has 0 saturated carbocycles. The summed E-state index contributed by atoms with van der Waals surface area (Å²) >= 11 is 0. The minimum atomic E-state index is 0.936. The molecular weight excluding hydrogens is 294 g/mol. The fourth-order valence-corrected chi connectivity index (χ4v) is 3.20. The number of rotatable bonds is 3. The highest BCUT2D eigenvalue weighted by atomic mass is 16.5. The first-order chi connectivity index (χ1) is 11.6. The largest absolute Gasteiger partial charge is 0.496 e. The predicted octanol–water partition coefficient (Wildman–Crippen LogP) is 5.30. The highest BCUT2D eigenvalue weighted by molar-refractivity contribution is 6.20. The molecule has 1 aliphatic rings. The van der Waals surface area contributed by atoms with Gasteiger partial charge in [0.2, 0.25) is 0 Å². The van der Waals surface area contributed by atoms with Crippen molar-refractivity contribution in [2.45, 2.75) is 20.8 Å². The number of pyridine rings is 1. The molecule has 0 amide bonds. The summed E-state index contributed by atoms with van der Waals surface area (Å²) < 4.78 is 5.46. The van der Waals surface area contributed by atoms with E-state index in [0.717, 1.165) is 16.8 Å². The van der Waals surface area contributed by atoms with Gasteiger partial charge in [0.05, 0.1) is 12.6 Å². The van der Waals surface area contributed by atoms with Crippen LogP contribution in [0, 0.1) is 27.2 Å². The van der Waals surface area contributed by atoms with Crippen molar-refractivity contribution in [2.75, 3.05) is 7.11 Å². The van der Waals surface area contributed by atoms with E-state index in [1.165, 1.54) is 38.8 Å². The number of aromatic nitrogens is 1. The lowest BCUT2D eigenvalue weighted by atomic mass is 10.0. The Morgan fingerprint density at radius 3 is 2.42 bits per heavy atom. The number of allylic oxidation sites excluding steroid dienone is 2. The molecule has 4 rings (SSSR count). The van der Waals surface area contributed by atoms with Gasteiger partial charge in [-0.25, -0.2) is 0 Å². The van der Waals surface area contributed by atoms with E-state index in [1.54, 1.807) is 7.11 Å². The van der Waals surface area contributed by atoms with Crippen molar-refractivity contribution in [3.8, 4) is 5.75 Å². The zero-order valence-electron chi connectivity index (χ0n) is 14.5. The monoisotopic (exact) mass is 314 g/mol. The van der Waals surface area contributed by atoms with Crippen molar-refractivity contribution in [1.29, 1.82) is 0 Å². The highest BCUT2D eigenvalue weighted by Gasteiger charge is 2.27. The Morgan fingerprint density at radius 2 is 1.62 bits per heavy atom. The third-order valence-electron chi connectivity index (χ3n) is 4.86. The average Bonchev–Trinajstić information content (AvgIpc) is 3.36. The van der Waals surface area contributed by atoms with Crippen LogP contribution in [0.3, 0.4) is 0 Å². The molecule has 2 heteroatoms. The fourth-order valence-electron chi connectivity index (χ4n) is 3.20. The first kappa shape index (κ1) is 14.9. The Labute approximate surface area is 142 Å². The maximum absolute atomic E-state index is 5.46. The molecule has 24 heavy (non-hydrogen) atoms. The lowest BCUT2D eigenvalue weighted by molar-refractivity contribution is 0.411. The topological polar surface area (TPSA) is 22.1 Å². The van der Waals surface area contributed by atoms with Crippen LogP contribution in [0.2, 0.25) is 0 Å². The highest BCUT2D eigenvalue weighted by Crippen LogP contribution is 2.48. The standard InChI is InChI=1S/C22H20NO/c1-13-5-6-16(11-22(13)24-4)18-12-19(18)17-7-8-23-21-10-15(3)14(2)9-20(17)21/h5-12H,1-4H3. The average molecular weight is 314 g/mol.